The number of hydrogen-bond acceptors (Lipinski definition) is 3. The minimum absolute atomic E-state index is 0.315. The lowest BCUT2D eigenvalue weighted by atomic mass is 10.2. The van der Waals surface area contributed by atoms with Gasteiger partial charge in [-0.05, 0) is 36.8 Å². The van der Waals surface area contributed by atoms with Crippen molar-refractivity contribution < 1.29 is 17.6 Å². The molecule has 0 spiro atoms. The van der Waals surface area contributed by atoms with Gasteiger partial charge in [0.25, 0.3) is 0 Å². The van der Waals surface area contributed by atoms with Crippen LogP contribution in [0.4, 0.5) is 23.4 Å². The summed E-state index contributed by atoms with van der Waals surface area (Å²) in [6, 6.07) is 8.17. The van der Waals surface area contributed by atoms with Gasteiger partial charge in [-0.3, -0.25) is 0 Å². The number of anilines is 1. The lowest BCUT2D eigenvalue weighted by molar-refractivity contribution is -0.141. The van der Waals surface area contributed by atoms with Crippen molar-refractivity contribution in [3.05, 3.63) is 53.5 Å². The van der Waals surface area contributed by atoms with Crippen molar-refractivity contribution in [3.63, 3.8) is 0 Å². The van der Waals surface area contributed by atoms with Crippen LogP contribution in [0.2, 0.25) is 0 Å². The summed E-state index contributed by atoms with van der Waals surface area (Å²) in [4.78, 5) is 1.71. The van der Waals surface area contributed by atoms with Crippen LogP contribution in [-0.4, -0.2) is 16.7 Å². The Labute approximate surface area is 119 Å². The molecule has 0 fully saturated rings. The van der Waals surface area contributed by atoms with Gasteiger partial charge in [0.2, 0.25) is 0 Å². The fourth-order valence-electron chi connectivity index (χ4n) is 1.86. The molecule has 1 aromatic heterocycles. The van der Waals surface area contributed by atoms with Gasteiger partial charge in [0.15, 0.2) is 11.5 Å². The maximum atomic E-state index is 13.1. The minimum Gasteiger partial charge on any atom is -0.351 e. The van der Waals surface area contributed by atoms with E-state index >= 15 is 0 Å². The third-order valence-electron chi connectivity index (χ3n) is 2.91. The molecule has 0 bridgehead atoms. The van der Waals surface area contributed by atoms with Gasteiger partial charge < -0.3 is 4.90 Å². The van der Waals surface area contributed by atoms with E-state index in [4.69, 9.17) is 0 Å². The molecule has 3 nitrogen and oxygen atoms in total. The molecule has 0 radical (unpaired) electrons. The molecule has 2 aromatic rings. The average Bonchev–Trinajstić information content (AvgIpc) is 2.44. The number of rotatable bonds is 4. The van der Waals surface area contributed by atoms with E-state index in [2.05, 4.69) is 10.2 Å². The normalized spacial score (nSPS) is 11.5. The molecule has 0 unspecified atom stereocenters. The van der Waals surface area contributed by atoms with Gasteiger partial charge >= 0.3 is 6.18 Å². The predicted octanol–water partition coefficient (Wildman–Crippen LogP) is 3.66. The van der Waals surface area contributed by atoms with Crippen molar-refractivity contribution in [1.82, 2.24) is 10.2 Å². The van der Waals surface area contributed by atoms with E-state index < -0.39 is 11.9 Å². The van der Waals surface area contributed by atoms with Crippen LogP contribution in [0.1, 0.15) is 18.2 Å². The Hall–Kier alpha value is -2.18. The summed E-state index contributed by atoms with van der Waals surface area (Å²) in [5, 5.41) is 6.78. The van der Waals surface area contributed by atoms with E-state index in [1.807, 2.05) is 6.92 Å². The highest BCUT2D eigenvalue weighted by molar-refractivity contribution is 5.38. The second-order valence-electron chi connectivity index (χ2n) is 4.42. The Morgan fingerprint density at radius 2 is 1.86 bits per heavy atom. The van der Waals surface area contributed by atoms with Crippen LogP contribution >= 0.6 is 0 Å². The fraction of sp³-hybridized carbons (Fsp3) is 0.286. The van der Waals surface area contributed by atoms with Crippen LogP contribution in [0.3, 0.4) is 0 Å². The summed E-state index contributed by atoms with van der Waals surface area (Å²) >= 11 is 0. The van der Waals surface area contributed by atoms with Gasteiger partial charge in [0.05, 0.1) is 0 Å². The monoisotopic (exact) mass is 299 g/mol. The molecular formula is C14H13F4N3. The zero-order valence-electron chi connectivity index (χ0n) is 11.2. The Kier molecular flexibility index (Phi) is 4.40. The van der Waals surface area contributed by atoms with Crippen molar-refractivity contribution in [1.29, 1.82) is 0 Å². The van der Waals surface area contributed by atoms with Gasteiger partial charge in [-0.25, -0.2) is 4.39 Å². The maximum Gasteiger partial charge on any atom is 0.435 e. The van der Waals surface area contributed by atoms with Crippen LogP contribution in [0, 0.1) is 5.82 Å². The number of nitrogens with zero attached hydrogens (tertiary/aromatic N) is 3. The molecule has 0 aliphatic carbocycles. The standard InChI is InChI=1S/C14H13F4N3/c1-2-21(9-10-4-3-5-11(15)8-10)13-7-6-12(19-20-13)14(16,17)18/h3-8H,2,9H2,1H3. The Balaban J connectivity index is 2.18. The SMILES string of the molecule is CCN(Cc1cccc(F)c1)c1ccc(C(F)(F)F)nn1. The van der Waals surface area contributed by atoms with Crippen LogP contribution in [0.5, 0.6) is 0 Å². The van der Waals surface area contributed by atoms with E-state index in [1.54, 1.807) is 17.0 Å². The fourth-order valence-corrected chi connectivity index (χ4v) is 1.86. The first-order valence-electron chi connectivity index (χ1n) is 6.30. The van der Waals surface area contributed by atoms with Crippen molar-refractivity contribution in [2.75, 3.05) is 11.4 Å². The summed E-state index contributed by atoms with van der Waals surface area (Å²) < 4.78 is 50.4. The van der Waals surface area contributed by atoms with Crippen LogP contribution < -0.4 is 4.90 Å². The molecule has 0 aliphatic heterocycles. The second kappa shape index (κ2) is 6.07. The Morgan fingerprint density at radius 3 is 2.38 bits per heavy atom. The summed E-state index contributed by atoms with van der Waals surface area (Å²) in [7, 11) is 0. The zero-order valence-corrected chi connectivity index (χ0v) is 11.2. The van der Waals surface area contributed by atoms with Crippen LogP contribution in [0.15, 0.2) is 36.4 Å². The average molecular weight is 299 g/mol. The van der Waals surface area contributed by atoms with Crippen molar-refractivity contribution in [3.8, 4) is 0 Å². The van der Waals surface area contributed by atoms with E-state index in [-0.39, 0.29) is 5.82 Å². The smallest absolute Gasteiger partial charge is 0.351 e. The van der Waals surface area contributed by atoms with Gasteiger partial charge in [-0.15, -0.1) is 10.2 Å². The van der Waals surface area contributed by atoms with Crippen molar-refractivity contribution in [2.24, 2.45) is 0 Å². The molecule has 21 heavy (non-hydrogen) atoms. The molecular weight excluding hydrogens is 286 g/mol. The number of benzene rings is 1. The van der Waals surface area contributed by atoms with E-state index in [0.29, 0.717) is 24.5 Å². The lowest BCUT2D eigenvalue weighted by Gasteiger charge is -2.21. The number of alkyl halides is 3. The molecule has 0 N–H and O–H groups in total. The largest absolute Gasteiger partial charge is 0.435 e. The number of hydrogen-bond donors (Lipinski definition) is 0. The number of aromatic nitrogens is 2. The number of halogens is 4. The summed E-state index contributed by atoms with van der Waals surface area (Å²) in [6.45, 7) is 2.68. The maximum absolute atomic E-state index is 13.1. The second-order valence-corrected chi connectivity index (χ2v) is 4.42. The van der Waals surface area contributed by atoms with Gasteiger partial charge in [-0.2, -0.15) is 13.2 Å². The topological polar surface area (TPSA) is 29.0 Å². The quantitative estimate of drug-likeness (QED) is 0.807. The van der Waals surface area contributed by atoms with Gasteiger partial charge in [0.1, 0.15) is 5.82 Å². The van der Waals surface area contributed by atoms with E-state index in [9.17, 15) is 17.6 Å². The third-order valence-corrected chi connectivity index (χ3v) is 2.91. The molecule has 112 valence electrons. The highest BCUT2D eigenvalue weighted by atomic mass is 19.4. The Bertz CT molecular complexity index is 596. The molecule has 7 heteroatoms. The molecule has 0 atom stereocenters. The van der Waals surface area contributed by atoms with E-state index in [1.165, 1.54) is 18.2 Å². The summed E-state index contributed by atoms with van der Waals surface area (Å²) in [5.41, 5.74) is -0.327. The highest BCUT2D eigenvalue weighted by Crippen LogP contribution is 2.27. The lowest BCUT2D eigenvalue weighted by Crippen LogP contribution is -2.24. The zero-order chi connectivity index (χ0) is 15.5. The first-order chi connectivity index (χ1) is 9.90. The van der Waals surface area contributed by atoms with Gasteiger partial charge in [0, 0.05) is 13.1 Å². The predicted molar refractivity (Wildman–Crippen MR) is 70.2 cm³/mol. The van der Waals surface area contributed by atoms with Crippen LogP contribution in [-0.2, 0) is 12.7 Å². The first kappa shape index (κ1) is 15.2. The van der Waals surface area contributed by atoms with Crippen molar-refractivity contribution in [2.45, 2.75) is 19.6 Å². The van der Waals surface area contributed by atoms with Crippen LogP contribution in [0.25, 0.3) is 0 Å². The first-order valence-corrected chi connectivity index (χ1v) is 6.30. The summed E-state index contributed by atoms with van der Waals surface area (Å²) in [6.07, 6.45) is -4.51. The molecule has 0 saturated heterocycles. The van der Waals surface area contributed by atoms with Crippen molar-refractivity contribution >= 4 is 5.82 Å². The molecule has 2 rings (SSSR count). The molecule has 0 amide bonds. The molecule has 0 aliphatic rings. The molecule has 1 aromatic carbocycles. The van der Waals surface area contributed by atoms with E-state index in [0.717, 1.165) is 6.07 Å². The highest BCUT2D eigenvalue weighted by Gasteiger charge is 2.33. The minimum atomic E-state index is -4.51. The summed E-state index contributed by atoms with van der Waals surface area (Å²) in [5.74, 6) is -0.0446. The molecule has 1 heterocycles. The third kappa shape index (κ3) is 3.90. The Morgan fingerprint density at radius 1 is 1.10 bits per heavy atom. The van der Waals surface area contributed by atoms with Gasteiger partial charge in [-0.1, -0.05) is 12.1 Å². The molecule has 0 saturated carbocycles.